The minimum atomic E-state index is -0.0399. The highest BCUT2D eigenvalue weighted by Crippen LogP contribution is 2.21. The summed E-state index contributed by atoms with van der Waals surface area (Å²) in [5.74, 6) is 0.638. The van der Waals surface area contributed by atoms with Gasteiger partial charge in [-0.25, -0.2) is 9.97 Å². The predicted octanol–water partition coefficient (Wildman–Crippen LogP) is 3.70. The third kappa shape index (κ3) is 3.88. The van der Waals surface area contributed by atoms with E-state index in [0.717, 1.165) is 25.1 Å². The van der Waals surface area contributed by atoms with Gasteiger partial charge in [0.25, 0.3) is 5.91 Å². The SMILES string of the molecule is CCN(Cc1ccccc1)C(=O)c1cnc(N2CCc3ccccc3C2)nc1. The molecule has 0 bridgehead atoms. The number of amides is 1. The summed E-state index contributed by atoms with van der Waals surface area (Å²) in [6, 6.07) is 18.5. The second-order valence-corrected chi connectivity index (χ2v) is 7.02. The Hall–Kier alpha value is -3.21. The number of benzene rings is 2. The molecule has 0 aliphatic carbocycles. The number of anilines is 1. The maximum atomic E-state index is 12.9. The van der Waals surface area contributed by atoms with Gasteiger partial charge in [-0.1, -0.05) is 54.6 Å². The Morgan fingerprint density at radius 2 is 1.68 bits per heavy atom. The van der Waals surface area contributed by atoms with Crippen molar-refractivity contribution in [3.63, 3.8) is 0 Å². The van der Waals surface area contributed by atoms with Crippen molar-refractivity contribution >= 4 is 11.9 Å². The number of fused-ring (bicyclic) bond motifs is 1. The van der Waals surface area contributed by atoms with Crippen LogP contribution < -0.4 is 4.90 Å². The lowest BCUT2D eigenvalue weighted by Crippen LogP contribution is -2.32. The van der Waals surface area contributed by atoms with Crippen LogP contribution in [0.5, 0.6) is 0 Å². The lowest BCUT2D eigenvalue weighted by Gasteiger charge is -2.28. The van der Waals surface area contributed by atoms with Gasteiger partial charge in [-0.2, -0.15) is 0 Å². The maximum absolute atomic E-state index is 12.9. The number of aromatic nitrogens is 2. The Morgan fingerprint density at radius 3 is 2.39 bits per heavy atom. The van der Waals surface area contributed by atoms with E-state index in [4.69, 9.17) is 0 Å². The van der Waals surface area contributed by atoms with Crippen molar-refractivity contribution < 1.29 is 4.79 Å². The minimum absolute atomic E-state index is 0.0399. The molecule has 5 heteroatoms. The number of carbonyl (C=O) groups is 1. The van der Waals surface area contributed by atoms with Gasteiger partial charge in [0.2, 0.25) is 5.95 Å². The van der Waals surface area contributed by atoms with Crippen LogP contribution in [0, 0.1) is 0 Å². The van der Waals surface area contributed by atoms with Crippen molar-refractivity contribution in [1.29, 1.82) is 0 Å². The zero-order chi connectivity index (χ0) is 19.3. The number of rotatable bonds is 5. The average Bonchev–Trinajstić information content (AvgIpc) is 2.77. The molecule has 5 nitrogen and oxygen atoms in total. The second kappa shape index (κ2) is 8.21. The summed E-state index contributed by atoms with van der Waals surface area (Å²) in [6.07, 6.45) is 4.29. The molecule has 0 unspecified atom stereocenters. The third-order valence-electron chi connectivity index (χ3n) is 5.18. The van der Waals surface area contributed by atoms with Crippen molar-refractivity contribution in [1.82, 2.24) is 14.9 Å². The molecular weight excluding hydrogens is 348 g/mol. The molecule has 0 fully saturated rings. The van der Waals surface area contributed by atoms with E-state index in [-0.39, 0.29) is 5.91 Å². The van der Waals surface area contributed by atoms with Gasteiger partial charge in [-0.05, 0) is 30.0 Å². The zero-order valence-electron chi connectivity index (χ0n) is 16.1. The Morgan fingerprint density at radius 1 is 1.00 bits per heavy atom. The quantitative estimate of drug-likeness (QED) is 0.685. The molecule has 28 heavy (non-hydrogen) atoms. The first-order valence-corrected chi connectivity index (χ1v) is 9.71. The summed E-state index contributed by atoms with van der Waals surface area (Å²) < 4.78 is 0. The van der Waals surface area contributed by atoms with Gasteiger partial charge < -0.3 is 9.80 Å². The van der Waals surface area contributed by atoms with E-state index >= 15 is 0 Å². The molecule has 4 rings (SSSR count). The lowest BCUT2D eigenvalue weighted by atomic mass is 10.0. The summed E-state index contributed by atoms with van der Waals surface area (Å²) in [5.41, 5.74) is 4.35. The van der Waals surface area contributed by atoms with Gasteiger partial charge in [0.05, 0.1) is 5.56 Å². The van der Waals surface area contributed by atoms with Gasteiger partial charge in [0, 0.05) is 38.6 Å². The van der Waals surface area contributed by atoms with E-state index < -0.39 is 0 Å². The monoisotopic (exact) mass is 372 g/mol. The molecule has 1 aromatic heterocycles. The fourth-order valence-corrected chi connectivity index (χ4v) is 3.57. The summed E-state index contributed by atoms with van der Waals surface area (Å²) >= 11 is 0. The lowest BCUT2D eigenvalue weighted by molar-refractivity contribution is 0.0751. The number of hydrogen-bond acceptors (Lipinski definition) is 4. The highest BCUT2D eigenvalue weighted by atomic mass is 16.2. The van der Waals surface area contributed by atoms with Crippen molar-refractivity contribution in [2.24, 2.45) is 0 Å². The molecule has 0 spiro atoms. The molecule has 2 aromatic carbocycles. The van der Waals surface area contributed by atoms with Crippen LogP contribution in [0.4, 0.5) is 5.95 Å². The summed E-state index contributed by atoms with van der Waals surface area (Å²) in [7, 11) is 0. The largest absolute Gasteiger partial charge is 0.336 e. The Bertz CT molecular complexity index is 940. The molecule has 142 valence electrons. The van der Waals surface area contributed by atoms with E-state index in [1.807, 2.05) is 42.2 Å². The molecule has 1 aliphatic heterocycles. The van der Waals surface area contributed by atoms with Crippen molar-refractivity contribution in [3.05, 3.63) is 89.2 Å². The van der Waals surface area contributed by atoms with Crippen LogP contribution in [0.1, 0.15) is 34.0 Å². The van der Waals surface area contributed by atoms with Gasteiger partial charge in [-0.15, -0.1) is 0 Å². The van der Waals surface area contributed by atoms with E-state index in [2.05, 4.69) is 39.1 Å². The van der Waals surface area contributed by atoms with Gasteiger partial charge in [0.15, 0.2) is 0 Å². The standard InChI is InChI=1S/C23H24N4O/c1-2-26(16-18-8-4-3-5-9-18)22(28)21-14-24-23(25-15-21)27-13-12-19-10-6-7-11-20(19)17-27/h3-11,14-15H,2,12-13,16-17H2,1H3. The highest BCUT2D eigenvalue weighted by Gasteiger charge is 2.20. The minimum Gasteiger partial charge on any atom is -0.336 e. The van der Waals surface area contributed by atoms with Crippen LogP contribution in [0.25, 0.3) is 0 Å². The fraction of sp³-hybridized carbons (Fsp3) is 0.261. The summed E-state index contributed by atoms with van der Waals surface area (Å²) in [6.45, 7) is 4.90. The Kier molecular flexibility index (Phi) is 5.33. The van der Waals surface area contributed by atoms with Crippen LogP contribution in [-0.2, 0) is 19.5 Å². The topological polar surface area (TPSA) is 49.3 Å². The molecule has 1 amide bonds. The van der Waals surface area contributed by atoms with E-state index in [9.17, 15) is 4.79 Å². The van der Waals surface area contributed by atoms with Crippen LogP contribution in [-0.4, -0.2) is 33.9 Å². The number of hydrogen-bond donors (Lipinski definition) is 0. The molecule has 0 saturated heterocycles. The zero-order valence-corrected chi connectivity index (χ0v) is 16.1. The third-order valence-corrected chi connectivity index (χ3v) is 5.18. The summed E-state index contributed by atoms with van der Waals surface area (Å²) in [5, 5.41) is 0. The van der Waals surface area contributed by atoms with Crippen LogP contribution in [0.2, 0.25) is 0 Å². The van der Waals surface area contributed by atoms with Crippen molar-refractivity contribution in [3.8, 4) is 0 Å². The van der Waals surface area contributed by atoms with Crippen LogP contribution >= 0.6 is 0 Å². The molecule has 0 radical (unpaired) electrons. The molecule has 0 N–H and O–H groups in total. The van der Waals surface area contributed by atoms with E-state index in [0.29, 0.717) is 24.6 Å². The average molecular weight is 372 g/mol. The van der Waals surface area contributed by atoms with Gasteiger partial charge in [0.1, 0.15) is 0 Å². The van der Waals surface area contributed by atoms with Crippen molar-refractivity contribution in [2.45, 2.75) is 26.4 Å². The van der Waals surface area contributed by atoms with Crippen LogP contribution in [0.15, 0.2) is 67.0 Å². The van der Waals surface area contributed by atoms with Gasteiger partial charge >= 0.3 is 0 Å². The fourth-order valence-electron chi connectivity index (χ4n) is 3.57. The van der Waals surface area contributed by atoms with Gasteiger partial charge in [-0.3, -0.25) is 4.79 Å². The number of carbonyl (C=O) groups excluding carboxylic acids is 1. The molecule has 0 saturated carbocycles. The van der Waals surface area contributed by atoms with Crippen molar-refractivity contribution in [2.75, 3.05) is 18.0 Å². The first-order valence-electron chi connectivity index (χ1n) is 9.71. The molecule has 1 aliphatic rings. The first-order chi connectivity index (χ1) is 13.7. The van der Waals surface area contributed by atoms with E-state index in [1.54, 1.807) is 12.4 Å². The second-order valence-electron chi connectivity index (χ2n) is 7.02. The predicted molar refractivity (Wildman–Crippen MR) is 110 cm³/mol. The Labute approximate surface area is 165 Å². The van der Waals surface area contributed by atoms with Crippen LogP contribution in [0.3, 0.4) is 0 Å². The Balaban J connectivity index is 1.46. The summed E-state index contributed by atoms with van der Waals surface area (Å²) in [4.78, 5) is 25.8. The molecule has 0 atom stereocenters. The molecule has 2 heterocycles. The number of nitrogens with zero attached hydrogens (tertiary/aromatic N) is 4. The maximum Gasteiger partial charge on any atom is 0.257 e. The molecule has 3 aromatic rings. The van der Waals surface area contributed by atoms with E-state index in [1.165, 1.54) is 11.1 Å². The smallest absolute Gasteiger partial charge is 0.257 e. The molecular formula is C23H24N4O. The highest BCUT2D eigenvalue weighted by molar-refractivity contribution is 5.93. The normalized spacial score (nSPS) is 13.1. The first kappa shape index (κ1) is 18.2.